The van der Waals surface area contributed by atoms with Gasteiger partial charge in [0.15, 0.2) is 0 Å². The number of hydrogen-bond donors (Lipinski definition) is 1. The molecule has 0 unspecified atom stereocenters. The predicted molar refractivity (Wildman–Crippen MR) is 163 cm³/mol. The number of amides is 1. The highest BCUT2D eigenvalue weighted by atomic mass is 35.5. The molecular weight excluding hydrogens is 582 g/mol. The van der Waals surface area contributed by atoms with E-state index >= 15 is 0 Å². The summed E-state index contributed by atoms with van der Waals surface area (Å²) in [6.45, 7) is 10.8. The maximum atomic E-state index is 13.8. The van der Waals surface area contributed by atoms with Crippen molar-refractivity contribution in [2.75, 3.05) is 37.6 Å². The fourth-order valence-corrected chi connectivity index (χ4v) is 6.65. The SMILES string of the molecule is CC(C)S(=O)(=O)N1CCN(c2cnn(-c3cccc(Cl)c3)c(=O)c2OC2CCC(CNC(=O)OC(C)(C)C)CC2)CC1. The van der Waals surface area contributed by atoms with Gasteiger partial charge in [0.05, 0.1) is 23.2 Å². The number of piperazine rings is 1. The molecule has 1 N–H and O–H groups in total. The van der Waals surface area contributed by atoms with Crippen molar-refractivity contribution in [1.82, 2.24) is 19.4 Å². The standard InChI is InChI=1S/C29H42ClN5O6S/c1-20(2)42(38,39)34-15-13-33(14-16-34)25-19-32-35(23-8-6-7-22(30)17-23)27(36)26(25)40-24-11-9-21(10-12-24)18-31-28(37)41-29(3,4)5/h6-8,17,19-21,24H,9-16,18H2,1-5H3,(H,31,37). The zero-order chi connectivity index (χ0) is 30.7. The molecule has 13 heteroatoms. The first-order valence-electron chi connectivity index (χ1n) is 14.5. The van der Waals surface area contributed by atoms with Crippen molar-refractivity contribution >= 4 is 33.4 Å². The third-order valence-electron chi connectivity index (χ3n) is 7.51. The third-order valence-corrected chi connectivity index (χ3v) is 10.0. The Bertz CT molecular complexity index is 1410. The lowest BCUT2D eigenvalue weighted by molar-refractivity contribution is 0.0507. The number of carbonyl (C=O) groups is 1. The van der Waals surface area contributed by atoms with E-state index in [1.165, 1.54) is 8.99 Å². The summed E-state index contributed by atoms with van der Waals surface area (Å²) in [6, 6.07) is 6.89. The number of halogens is 1. The lowest BCUT2D eigenvalue weighted by Gasteiger charge is -2.37. The number of anilines is 1. The van der Waals surface area contributed by atoms with Gasteiger partial charge in [-0.2, -0.15) is 14.1 Å². The molecule has 2 aromatic rings. The molecule has 1 aliphatic carbocycles. The number of rotatable bonds is 8. The monoisotopic (exact) mass is 623 g/mol. The fourth-order valence-electron chi connectivity index (χ4n) is 5.20. The summed E-state index contributed by atoms with van der Waals surface area (Å²) in [5, 5.41) is 7.27. The number of aromatic nitrogens is 2. The van der Waals surface area contributed by atoms with Crippen LogP contribution >= 0.6 is 11.6 Å². The molecule has 0 bridgehead atoms. The molecule has 1 aliphatic heterocycles. The van der Waals surface area contributed by atoms with Crippen molar-refractivity contribution in [1.29, 1.82) is 0 Å². The number of alkyl carbamates (subject to hydrolysis) is 1. The highest BCUT2D eigenvalue weighted by molar-refractivity contribution is 7.89. The molecule has 0 spiro atoms. The Kier molecular flexibility index (Phi) is 10.1. The first-order valence-corrected chi connectivity index (χ1v) is 16.4. The lowest BCUT2D eigenvalue weighted by atomic mass is 9.87. The van der Waals surface area contributed by atoms with Gasteiger partial charge in [0.2, 0.25) is 15.8 Å². The van der Waals surface area contributed by atoms with Gasteiger partial charge in [-0.25, -0.2) is 13.2 Å². The van der Waals surface area contributed by atoms with Crippen LogP contribution in [0, 0.1) is 5.92 Å². The van der Waals surface area contributed by atoms with Crippen LogP contribution in [-0.2, 0) is 14.8 Å². The molecule has 2 aliphatic rings. The second kappa shape index (κ2) is 13.2. The van der Waals surface area contributed by atoms with Crippen LogP contribution in [-0.4, -0.2) is 78.3 Å². The molecule has 232 valence electrons. The largest absolute Gasteiger partial charge is 0.483 e. The number of nitrogens with one attached hydrogen (secondary N) is 1. The van der Waals surface area contributed by atoms with Gasteiger partial charge in [-0.15, -0.1) is 0 Å². The molecule has 0 atom stereocenters. The third kappa shape index (κ3) is 7.96. The molecule has 1 saturated heterocycles. The van der Waals surface area contributed by atoms with E-state index in [0.717, 1.165) is 25.7 Å². The molecule has 11 nitrogen and oxygen atoms in total. The zero-order valence-corrected chi connectivity index (χ0v) is 26.6. The van der Waals surface area contributed by atoms with Gasteiger partial charge in [0.1, 0.15) is 11.3 Å². The molecule has 0 radical (unpaired) electrons. The number of hydrogen-bond acceptors (Lipinski definition) is 8. The van der Waals surface area contributed by atoms with Crippen LogP contribution in [0.2, 0.25) is 5.02 Å². The maximum Gasteiger partial charge on any atom is 0.407 e. The minimum atomic E-state index is -3.37. The molecule has 1 aromatic heterocycles. The van der Waals surface area contributed by atoms with E-state index in [2.05, 4.69) is 10.4 Å². The van der Waals surface area contributed by atoms with E-state index in [1.54, 1.807) is 44.3 Å². The maximum absolute atomic E-state index is 13.8. The number of carbonyl (C=O) groups excluding carboxylic acids is 1. The summed E-state index contributed by atoms with van der Waals surface area (Å²) in [6.07, 6.45) is 4.10. The summed E-state index contributed by atoms with van der Waals surface area (Å²) in [7, 11) is -3.37. The summed E-state index contributed by atoms with van der Waals surface area (Å²) in [4.78, 5) is 27.9. The quantitative estimate of drug-likeness (QED) is 0.464. The summed E-state index contributed by atoms with van der Waals surface area (Å²) in [5.74, 6) is 0.480. The smallest absolute Gasteiger partial charge is 0.407 e. The molecule has 1 amide bonds. The van der Waals surface area contributed by atoms with Crippen molar-refractivity contribution < 1.29 is 22.7 Å². The van der Waals surface area contributed by atoms with Crippen LogP contribution in [0.15, 0.2) is 35.3 Å². The number of benzene rings is 1. The van der Waals surface area contributed by atoms with Gasteiger partial charge < -0.3 is 19.7 Å². The van der Waals surface area contributed by atoms with Crippen LogP contribution < -0.4 is 20.5 Å². The van der Waals surface area contributed by atoms with Gasteiger partial charge in [-0.3, -0.25) is 4.79 Å². The second-order valence-electron chi connectivity index (χ2n) is 12.2. The second-order valence-corrected chi connectivity index (χ2v) is 15.1. The first kappa shape index (κ1) is 32.1. The summed E-state index contributed by atoms with van der Waals surface area (Å²) < 4.78 is 39.9. The highest BCUT2D eigenvalue weighted by Crippen LogP contribution is 2.32. The van der Waals surface area contributed by atoms with Gasteiger partial charge in [0, 0.05) is 37.7 Å². The van der Waals surface area contributed by atoms with Crippen LogP contribution in [0.5, 0.6) is 5.75 Å². The van der Waals surface area contributed by atoms with E-state index in [0.29, 0.717) is 49.1 Å². The van der Waals surface area contributed by atoms with Gasteiger partial charge in [-0.05, 0) is 84.4 Å². The van der Waals surface area contributed by atoms with Crippen molar-refractivity contribution in [2.24, 2.45) is 5.92 Å². The van der Waals surface area contributed by atoms with Gasteiger partial charge in [-0.1, -0.05) is 17.7 Å². The Balaban J connectivity index is 1.50. The van der Waals surface area contributed by atoms with Crippen molar-refractivity contribution in [3.8, 4) is 11.4 Å². The topological polar surface area (TPSA) is 123 Å². The van der Waals surface area contributed by atoms with Crippen LogP contribution in [0.25, 0.3) is 5.69 Å². The molecule has 1 saturated carbocycles. The number of ether oxygens (including phenoxy) is 2. The minimum absolute atomic E-state index is 0.188. The minimum Gasteiger partial charge on any atom is -0.483 e. The first-order chi connectivity index (χ1) is 19.7. The number of nitrogens with zero attached hydrogens (tertiary/aromatic N) is 4. The van der Waals surface area contributed by atoms with Gasteiger partial charge >= 0.3 is 11.7 Å². The zero-order valence-electron chi connectivity index (χ0n) is 25.0. The molecule has 1 aromatic carbocycles. The molecule has 2 fully saturated rings. The van der Waals surface area contributed by atoms with Crippen LogP contribution in [0.3, 0.4) is 0 Å². The Morgan fingerprint density at radius 3 is 2.38 bits per heavy atom. The Hall–Kier alpha value is -2.83. The lowest BCUT2D eigenvalue weighted by Crippen LogP contribution is -2.50. The van der Waals surface area contributed by atoms with Crippen molar-refractivity contribution in [2.45, 2.75) is 77.3 Å². The molecule has 4 rings (SSSR count). The van der Waals surface area contributed by atoms with Crippen LogP contribution in [0.1, 0.15) is 60.3 Å². The predicted octanol–water partition coefficient (Wildman–Crippen LogP) is 4.21. The van der Waals surface area contributed by atoms with E-state index in [4.69, 9.17) is 21.1 Å². The van der Waals surface area contributed by atoms with Crippen LogP contribution in [0.4, 0.5) is 10.5 Å². The average Bonchev–Trinajstić information content (AvgIpc) is 2.93. The highest BCUT2D eigenvalue weighted by Gasteiger charge is 2.32. The number of sulfonamides is 1. The molecular formula is C29H42ClN5O6S. The molecule has 42 heavy (non-hydrogen) atoms. The van der Waals surface area contributed by atoms with E-state index in [9.17, 15) is 18.0 Å². The Labute approximate surface area is 253 Å². The fraction of sp³-hybridized carbons (Fsp3) is 0.621. The van der Waals surface area contributed by atoms with Crippen molar-refractivity contribution in [3.05, 3.63) is 45.8 Å². The average molecular weight is 624 g/mol. The summed E-state index contributed by atoms with van der Waals surface area (Å²) >= 11 is 6.19. The normalized spacial score (nSPS) is 20.4. The summed E-state index contributed by atoms with van der Waals surface area (Å²) in [5.41, 5.74) is 0.119. The Morgan fingerprint density at radius 2 is 1.79 bits per heavy atom. The van der Waals surface area contributed by atoms with E-state index < -0.39 is 32.5 Å². The Morgan fingerprint density at radius 1 is 1.12 bits per heavy atom. The van der Waals surface area contributed by atoms with Gasteiger partial charge in [0.25, 0.3) is 0 Å². The van der Waals surface area contributed by atoms with E-state index in [-0.39, 0.29) is 17.8 Å². The van der Waals surface area contributed by atoms with E-state index in [1.807, 2.05) is 25.7 Å². The molecule has 2 heterocycles. The van der Waals surface area contributed by atoms with Crippen molar-refractivity contribution in [3.63, 3.8) is 0 Å².